The summed E-state index contributed by atoms with van der Waals surface area (Å²) in [5.74, 6) is 2.57. The van der Waals surface area contributed by atoms with E-state index < -0.39 is 0 Å². The van der Waals surface area contributed by atoms with Gasteiger partial charge in [0, 0.05) is 34.9 Å². The summed E-state index contributed by atoms with van der Waals surface area (Å²) in [5.41, 5.74) is 7.14. The number of hydrogen-bond donors (Lipinski definition) is 1. The molecule has 0 radical (unpaired) electrons. The van der Waals surface area contributed by atoms with Gasteiger partial charge in [0.05, 0.1) is 5.75 Å². The average Bonchev–Trinajstić information content (AvgIpc) is 3.04. The third-order valence-corrected chi connectivity index (χ3v) is 6.32. The first-order valence-corrected chi connectivity index (χ1v) is 9.50. The molecule has 1 aromatic rings. The van der Waals surface area contributed by atoms with Gasteiger partial charge in [0.15, 0.2) is 0 Å². The Balaban J connectivity index is 0.00000192. The Bertz CT molecular complexity index is 572. The zero-order chi connectivity index (χ0) is 15.7. The van der Waals surface area contributed by atoms with Crippen molar-refractivity contribution in [3.8, 4) is 0 Å². The highest BCUT2D eigenvalue weighted by atomic mass is 35.5. The summed E-state index contributed by atoms with van der Waals surface area (Å²) in [6, 6.07) is 5.77. The molecule has 3 atom stereocenters. The van der Waals surface area contributed by atoms with Gasteiger partial charge in [-0.3, -0.25) is 4.79 Å². The Labute approximate surface area is 157 Å². The van der Waals surface area contributed by atoms with E-state index in [1.165, 1.54) is 6.42 Å². The van der Waals surface area contributed by atoms with E-state index in [0.717, 1.165) is 30.8 Å². The number of rotatable bonds is 4. The van der Waals surface area contributed by atoms with Crippen molar-refractivity contribution in [3.63, 3.8) is 0 Å². The Kier molecular flexibility index (Phi) is 6.93. The zero-order valence-corrected chi connectivity index (χ0v) is 15.9. The molecule has 1 aromatic carbocycles. The number of thioether (sulfide) groups is 1. The second kappa shape index (κ2) is 8.30. The van der Waals surface area contributed by atoms with E-state index in [1.54, 1.807) is 17.8 Å². The van der Waals surface area contributed by atoms with E-state index in [0.29, 0.717) is 27.6 Å². The molecule has 2 N–H and O–H groups in total. The zero-order valence-electron chi connectivity index (χ0n) is 12.7. The molecule has 0 bridgehead atoms. The Hall–Kier alpha value is -0.130. The fraction of sp³-hybridized carbons (Fsp3) is 0.562. The number of halogens is 3. The van der Waals surface area contributed by atoms with Crippen molar-refractivity contribution in [2.24, 2.45) is 17.6 Å². The summed E-state index contributed by atoms with van der Waals surface area (Å²) in [6.07, 6.45) is 2.28. The number of nitrogens with two attached hydrogens (primary N) is 1. The van der Waals surface area contributed by atoms with E-state index in [2.05, 4.69) is 0 Å². The third kappa shape index (κ3) is 4.49. The minimum absolute atomic E-state index is 0. The average molecular weight is 396 g/mol. The molecule has 1 aliphatic heterocycles. The molecule has 23 heavy (non-hydrogen) atoms. The predicted molar refractivity (Wildman–Crippen MR) is 101 cm³/mol. The van der Waals surface area contributed by atoms with Crippen LogP contribution in [0, 0.1) is 11.8 Å². The van der Waals surface area contributed by atoms with Crippen LogP contribution in [0.25, 0.3) is 0 Å². The molecule has 0 aromatic heterocycles. The molecule has 2 fully saturated rings. The van der Waals surface area contributed by atoms with E-state index in [4.69, 9.17) is 28.9 Å². The highest BCUT2D eigenvalue weighted by Gasteiger charge is 2.42. The van der Waals surface area contributed by atoms with Crippen molar-refractivity contribution in [1.29, 1.82) is 0 Å². The van der Waals surface area contributed by atoms with Crippen LogP contribution in [0.2, 0.25) is 10.0 Å². The summed E-state index contributed by atoms with van der Waals surface area (Å²) in [5, 5.41) is 1.30. The number of fused-ring (bicyclic) bond motifs is 1. The molecule has 1 heterocycles. The van der Waals surface area contributed by atoms with E-state index in [1.807, 2.05) is 17.0 Å². The SMILES string of the molecule is Cl.NC1CCC2CN(C(=O)CSCc3ccc(Cl)cc3Cl)CC12. The van der Waals surface area contributed by atoms with Gasteiger partial charge >= 0.3 is 0 Å². The second-order valence-electron chi connectivity index (χ2n) is 6.19. The van der Waals surface area contributed by atoms with Crippen LogP contribution < -0.4 is 5.73 Å². The second-order valence-corrected chi connectivity index (χ2v) is 8.02. The lowest BCUT2D eigenvalue weighted by atomic mass is 9.98. The number of likely N-dealkylation sites (tertiary alicyclic amines) is 1. The van der Waals surface area contributed by atoms with Crippen molar-refractivity contribution < 1.29 is 4.79 Å². The van der Waals surface area contributed by atoms with Gasteiger partial charge in [-0.25, -0.2) is 0 Å². The number of carbonyl (C=O) groups excluding carboxylic acids is 1. The summed E-state index contributed by atoms with van der Waals surface area (Å²) in [7, 11) is 0. The van der Waals surface area contributed by atoms with Crippen molar-refractivity contribution in [2.45, 2.75) is 24.6 Å². The van der Waals surface area contributed by atoms with Crippen LogP contribution in [-0.4, -0.2) is 35.7 Å². The van der Waals surface area contributed by atoms with E-state index in [9.17, 15) is 4.79 Å². The Morgan fingerprint density at radius 2 is 2.09 bits per heavy atom. The number of amides is 1. The maximum atomic E-state index is 12.3. The molecule has 1 aliphatic carbocycles. The topological polar surface area (TPSA) is 46.3 Å². The minimum atomic E-state index is 0. The lowest BCUT2D eigenvalue weighted by Gasteiger charge is -2.18. The van der Waals surface area contributed by atoms with Gasteiger partial charge in [-0.1, -0.05) is 29.3 Å². The molecule has 1 amide bonds. The smallest absolute Gasteiger partial charge is 0.232 e. The van der Waals surface area contributed by atoms with Crippen LogP contribution in [0.1, 0.15) is 18.4 Å². The van der Waals surface area contributed by atoms with E-state index in [-0.39, 0.29) is 24.4 Å². The third-order valence-electron chi connectivity index (χ3n) is 4.76. The summed E-state index contributed by atoms with van der Waals surface area (Å²) in [6.45, 7) is 1.73. The van der Waals surface area contributed by atoms with Crippen molar-refractivity contribution in [1.82, 2.24) is 4.90 Å². The predicted octanol–water partition coefficient (Wildman–Crippen LogP) is 3.84. The maximum Gasteiger partial charge on any atom is 0.232 e. The van der Waals surface area contributed by atoms with Gasteiger partial charge in [0.2, 0.25) is 5.91 Å². The number of nitrogens with zero attached hydrogens (tertiary/aromatic N) is 1. The number of hydrogen-bond acceptors (Lipinski definition) is 3. The van der Waals surface area contributed by atoms with Gasteiger partial charge in [-0.2, -0.15) is 0 Å². The van der Waals surface area contributed by atoms with Crippen molar-refractivity contribution in [2.75, 3.05) is 18.8 Å². The molecule has 3 rings (SSSR count). The van der Waals surface area contributed by atoms with Crippen LogP contribution in [-0.2, 0) is 10.5 Å². The number of benzene rings is 1. The first-order chi connectivity index (χ1) is 10.5. The lowest BCUT2D eigenvalue weighted by Crippen LogP contribution is -2.34. The summed E-state index contributed by atoms with van der Waals surface area (Å²) in [4.78, 5) is 14.3. The molecule has 3 nitrogen and oxygen atoms in total. The highest BCUT2D eigenvalue weighted by molar-refractivity contribution is 7.99. The quantitative estimate of drug-likeness (QED) is 0.842. The van der Waals surface area contributed by atoms with Crippen LogP contribution in [0.4, 0.5) is 0 Å². The van der Waals surface area contributed by atoms with Crippen LogP contribution >= 0.6 is 47.4 Å². The number of carbonyl (C=O) groups is 1. The van der Waals surface area contributed by atoms with Gasteiger partial charge < -0.3 is 10.6 Å². The van der Waals surface area contributed by atoms with Crippen LogP contribution in [0.5, 0.6) is 0 Å². The van der Waals surface area contributed by atoms with E-state index >= 15 is 0 Å². The first-order valence-electron chi connectivity index (χ1n) is 7.59. The van der Waals surface area contributed by atoms with Crippen molar-refractivity contribution in [3.05, 3.63) is 33.8 Å². The molecular weight excluding hydrogens is 375 g/mol. The fourth-order valence-electron chi connectivity index (χ4n) is 3.49. The highest BCUT2D eigenvalue weighted by Crippen LogP contribution is 2.37. The molecule has 128 valence electrons. The normalized spacial score (nSPS) is 26.0. The first kappa shape index (κ1) is 19.2. The maximum absolute atomic E-state index is 12.3. The molecule has 2 aliphatic rings. The van der Waals surface area contributed by atoms with Gasteiger partial charge in [0.25, 0.3) is 0 Å². The summed E-state index contributed by atoms with van der Waals surface area (Å²) < 4.78 is 0. The largest absolute Gasteiger partial charge is 0.341 e. The molecule has 0 spiro atoms. The van der Waals surface area contributed by atoms with Crippen molar-refractivity contribution >= 4 is 53.3 Å². The monoisotopic (exact) mass is 394 g/mol. The Morgan fingerprint density at radius 1 is 1.30 bits per heavy atom. The van der Waals surface area contributed by atoms with Crippen LogP contribution in [0.3, 0.4) is 0 Å². The molecule has 1 saturated heterocycles. The van der Waals surface area contributed by atoms with Gasteiger partial charge in [-0.05, 0) is 42.4 Å². The van der Waals surface area contributed by atoms with Gasteiger partial charge in [0.1, 0.15) is 0 Å². The van der Waals surface area contributed by atoms with Gasteiger partial charge in [-0.15, -0.1) is 24.2 Å². The lowest BCUT2D eigenvalue weighted by molar-refractivity contribution is -0.127. The summed E-state index contributed by atoms with van der Waals surface area (Å²) >= 11 is 13.6. The standard InChI is InChI=1S/C16H20Cl2N2OS.ClH/c17-12-3-1-11(14(18)5-12)8-22-9-16(21)20-6-10-2-4-15(19)13(10)7-20;/h1,3,5,10,13,15H,2,4,6-9,19H2;1H. The van der Waals surface area contributed by atoms with Crippen LogP contribution in [0.15, 0.2) is 18.2 Å². The fourth-order valence-corrected chi connectivity index (χ4v) is 4.97. The molecular formula is C16H21Cl3N2OS. The molecule has 7 heteroatoms. The molecule has 1 saturated carbocycles. The Morgan fingerprint density at radius 3 is 2.78 bits per heavy atom. The minimum Gasteiger partial charge on any atom is -0.341 e. The molecule has 3 unspecified atom stereocenters.